The Morgan fingerprint density at radius 3 is 2.17 bits per heavy atom. The number of benzene rings is 1. The summed E-state index contributed by atoms with van der Waals surface area (Å²) in [5, 5.41) is 9.60. The van der Waals surface area contributed by atoms with Gasteiger partial charge in [0.15, 0.2) is 0 Å². The number of hydrogen-bond donors (Lipinski definition) is 1. The Morgan fingerprint density at radius 1 is 1.09 bits per heavy atom. The fraction of sp³-hybridized carbons (Fsp3) is 0.500. The predicted octanol–water partition coefficient (Wildman–Crippen LogP) is 1.71. The molecule has 3 fully saturated rings. The molecule has 1 aliphatic heterocycles. The zero-order valence-electron chi connectivity index (χ0n) is 12.7. The Hall–Kier alpha value is -2.17. The normalized spacial score (nSPS) is 33.1. The van der Waals surface area contributed by atoms with Gasteiger partial charge in [0.05, 0.1) is 11.8 Å². The maximum atomic E-state index is 12.8. The van der Waals surface area contributed by atoms with Gasteiger partial charge in [0.1, 0.15) is 6.04 Å². The largest absolute Gasteiger partial charge is 0.480 e. The molecule has 2 bridgehead atoms. The molecular formula is C18H19NO4. The molecular weight excluding hydrogens is 294 g/mol. The highest BCUT2D eigenvalue weighted by Gasteiger charge is 2.62. The minimum atomic E-state index is -1.11. The number of hydrogen-bond acceptors (Lipinski definition) is 3. The number of carboxylic acid groups (broad SMARTS) is 1. The first-order valence-corrected chi connectivity index (χ1v) is 8.21. The average molecular weight is 313 g/mol. The van der Waals surface area contributed by atoms with Gasteiger partial charge in [0, 0.05) is 6.42 Å². The monoisotopic (exact) mass is 313 g/mol. The van der Waals surface area contributed by atoms with E-state index in [1.54, 1.807) is 0 Å². The minimum absolute atomic E-state index is 0.169. The third-order valence-electron chi connectivity index (χ3n) is 5.83. The maximum absolute atomic E-state index is 12.8. The molecule has 0 aromatic heterocycles. The molecule has 2 saturated carbocycles. The standard InChI is InChI=1S/C18H19NO4/c20-16-14-11-6-7-12(9-11)15(14)17(21)19(16)13(18(22)23)8-10-4-2-1-3-5-10/h1-5,11-15H,6-9H2,(H,22,23)/t11-,12+,13-,14-,15+/m1/s1. The lowest BCUT2D eigenvalue weighted by molar-refractivity contribution is -0.155. The summed E-state index contributed by atoms with van der Waals surface area (Å²) >= 11 is 0. The second-order valence-electron chi connectivity index (χ2n) is 6.98. The van der Waals surface area contributed by atoms with Gasteiger partial charge in [0.25, 0.3) is 0 Å². The van der Waals surface area contributed by atoms with Gasteiger partial charge in [-0.25, -0.2) is 4.79 Å². The van der Waals surface area contributed by atoms with E-state index in [1.807, 2.05) is 30.3 Å². The van der Waals surface area contributed by atoms with Gasteiger partial charge >= 0.3 is 5.97 Å². The van der Waals surface area contributed by atoms with Crippen molar-refractivity contribution in [2.45, 2.75) is 31.7 Å². The fourth-order valence-corrected chi connectivity index (χ4v) is 4.87. The van der Waals surface area contributed by atoms with E-state index in [0.717, 1.165) is 29.7 Å². The lowest BCUT2D eigenvalue weighted by Gasteiger charge is -2.24. The molecule has 5 heteroatoms. The highest BCUT2D eigenvalue weighted by Crippen LogP contribution is 2.56. The van der Waals surface area contributed by atoms with Crippen molar-refractivity contribution in [2.24, 2.45) is 23.7 Å². The van der Waals surface area contributed by atoms with Gasteiger partial charge in [-0.1, -0.05) is 30.3 Å². The molecule has 3 aliphatic rings. The first-order chi connectivity index (χ1) is 11.1. The van der Waals surface area contributed by atoms with Gasteiger partial charge in [-0.2, -0.15) is 0 Å². The van der Waals surface area contributed by atoms with Crippen molar-refractivity contribution in [3.8, 4) is 0 Å². The van der Waals surface area contributed by atoms with Gasteiger partial charge in [-0.15, -0.1) is 0 Å². The molecule has 0 spiro atoms. The maximum Gasteiger partial charge on any atom is 0.327 e. The van der Waals surface area contributed by atoms with E-state index in [1.165, 1.54) is 0 Å². The Bertz CT molecular complexity index is 643. The van der Waals surface area contributed by atoms with Crippen molar-refractivity contribution in [1.82, 2.24) is 4.90 Å². The number of rotatable bonds is 4. The van der Waals surface area contributed by atoms with Crippen molar-refractivity contribution in [1.29, 1.82) is 0 Å². The molecule has 5 nitrogen and oxygen atoms in total. The lowest BCUT2D eigenvalue weighted by atomic mass is 9.81. The number of aliphatic carboxylic acids is 1. The molecule has 1 saturated heterocycles. The highest BCUT2D eigenvalue weighted by atomic mass is 16.4. The van der Waals surface area contributed by atoms with E-state index in [9.17, 15) is 19.5 Å². The van der Waals surface area contributed by atoms with E-state index in [0.29, 0.717) is 0 Å². The molecule has 1 aromatic rings. The number of nitrogens with zero attached hydrogens (tertiary/aromatic N) is 1. The Kier molecular flexibility index (Phi) is 3.25. The molecule has 120 valence electrons. The highest BCUT2D eigenvalue weighted by molar-refractivity contribution is 6.08. The van der Waals surface area contributed by atoms with Crippen LogP contribution in [0.3, 0.4) is 0 Å². The van der Waals surface area contributed by atoms with Crippen molar-refractivity contribution >= 4 is 17.8 Å². The molecule has 0 unspecified atom stereocenters. The van der Waals surface area contributed by atoms with Crippen LogP contribution in [0, 0.1) is 23.7 Å². The number of carbonyl (C=O) groups is 3. The number of fused-ring (bicyclic) bond motifs is 5. The minimum Gasteiger partial charge on any atom is -0.480 e. The van der Waals surface area contributed by atoms with Crippen molar-refractivity contribution in [3.05, 3.63) is 35.9 Å². The summed E-state index contributed by atoms with van der Waals surface area (Å²) in [5.74, 6) is -1.60. The molecule has 1 heterocycles. The van der Waals surface area contributed by atoms with Gasteiger partial charge in [-0.05, 0) is 36.7 Å². The SMILES string of the molecule is O=C(O)[C@@H](Cc1ccccc1)N1C(=O)[C@@H]2[C@@H]3CC[C@@H](C3)[C@@H]2C1=O. The first-order valence-electron chi connectivity index (χ1n) is 8.21. The van der Waals surface area contributed by atoms with Crippen LogP contribution in [0.25, 0.3) is 0 Å². The molecule has 0 radical (unpaired) electrons. The number of imide groups is 1. The van der Waals surface area contributed by atoms with Crippen LogP contribution in [-0.2, 0) is 20.8 Å². The Morgan fingerprint density at radius 2 is 1.65 bits per heavy atom. The summed E-state index contributed by atoms with van der Waals surface area (Å²) in [6.07, 6.45) is 3.11. The van der Waals surface area contributed by atoms with Crippen LogP contribution >= 0.6 is 0 Å². The molecule has 23 heavy (non-hydrogen) atoms. The molecule has 2 amide bonds. The van der Waals surface area contributed by atoms with Crippen LogP contribution in [0.4, 0.5) is 0 Å². The van der Waals surface area contributed by atoms with Crippen molar-refractivity contribution in [3.63, 3.8) is 0 Å². The molecule has 1 aromatic carbocycles. The third kappa shape index (κ3) is 2.10. The van der Waals surface area contributed by atoms with E-state index >= 15 is 0 Å². The summed E-state index contributed by atoms with van der Waals surface area (Å²) < 4.78 is 0. The van der Waals surface area contributed by atoms with Crippen LogP contribution in [0.1, 0.15) is 24.8 Å². The zero-order valence-corrected chi connectivity index (χ0v) is 12.7. The number of amides is 2. The number of carbonyl (C=O) groups excluding carboxylic acids is 2. The van der Waals surface area contributed by atoms with E-state index in [2.05, 4.69) is 0 Å². The number of carboxylic acids is 1. The molecule has 1 N–H and O–H groups in total. The van der Waals surface area contributed by atoms with Crippen molar-refractivity contribution in [2.75, 3.05) is 0 Å². The second-order valence-corrected chi connectivity index (χ2v) is 6.98. The second kappa shape index (κ2) is 5.18. The Balaban J connectivity index is 1.63. The molecule has 4 rings (SSSR count). The van der Waals surface area contributed by atoms with Gasteiger partial charge < -0.3 is 5.11 Å². The summed E-state index contributed by atoms with van der Waals surface area (Å²) in [6, 6.07) is 8.07. The molecule has 5 atom stereocenters. The van der Waals surface area contributed by atoms with Crippen LogP contribution in [-0.4, -0.2) is 33.8 Å². The predicted molar refractivity (Wildman–Crippen MR) is 81.2 cm³/mol. The Labute approximate surface area is 134 Å². The van der Waals surface area contributed by atoms with Crippen LogP contribution < -0.4 is 0 Å². The third-order valence-corrected chi connectivity index (χ3v) is 5.83. The van der Waals surface area contributed by atoms with E-state index in [4.69, 9.17) is 0 Å². The molecule has 2 aliphatic carbocycles. The summed E-state index contributed by atoms with van der Waals surface area (Å²) in [4.78, 5) is 38.3. The quantitative estimate of drug-likeness (QED) is 0.859. The van der Waals surface area contributed by atoms with Crippen LogP contribution in [0.15, 0.2) is 30.3 Å². The topological polar surface area (TPSA) is 74.7 Å². The summed E-state index contributed by atoms with van der Waals surface area (Å²) in [5.41, 5.74) is 0.820. The fourth-order valence-electron chi connectivity index (χ4n) is 4.87. The first kappa shape index (κ1) is 14.4. The zero-order chi connectivity index (χ0) is 16.1. The van der Waals surface area contributed by atoms with E-state index < -0.39 is 12.0 Å². The van der Waals surface area contributed by atoms with Crippen LogP contribution in [0.2, 0.25) is 0 Å². The van der Waals surface area contributed by atoms with Crippen LogP contribution in [0.5, 0.6) is 0 Å². The van der Waals surface area contributed by atoms with E-state index in [-0.39, 0.29) is 41.9 Å². The smallest absolute Gasteiger partial charge is 0.327 e. The van der Waals surface area contributed by atoms with Gasteiger partial charge in [0.2, 0.25) is 11.8 Å². The summed E-state index contributed by atoms with van der Waals surface area (Å²) in [7, 11) is 0. The lowest BCUT2D eigenvalue weighted by Crippen LogP contribution is -2.47. The number of likely N-dealkylation sites (tertiary alicyclic amines) is 1. The average Bonchev–Trinajstić information content (AvgIpc) is 3.21. The van der Waals surface area contributed by atoms with Crippen molar-refractivity contribution < 1.29 is 19.5 Å². The summed E-state index contributed by atoms with van der Waals surface area (Å²) in [6.45, 7) is 0. The van der Waals surface area contributed by atoms with Gasteiger partial charge in [-0.3, -0.25) is 14.5 Å².